The Morgan fingerprint density at radius 3 is 2.65 bits per heavy atom. The molecule has 0 N–H and O–H groups in total. The summed E-state index contributed by atoms with van der Waals surface area (Å²) >= 11 is 0.921. The zero-order valence-electron chi connectivity index (χ0n) is 10.3. The zero-order valence-corrected chi connectivity index (χ0v) is 11.1. The third kappa shape index (κ3) is 3.16. The second kappa shape index (κ2) is 5.24. The van der Waals surface area contributed by atoms with Crippen molar-refractivity contribution in [2.45, 2.75) is 19.5 Å². The fourth-order valence-electron chi connectivity index (χ4n) is 1.75. The van der Waals surface area contributed by atoms with Crippen LogP contribution in [0.5, 0.6) is 0 Å². The van der Waals surface area contributed by atoms with Gasteiger partial charge in [-0.25, -0.2) is 4.98 Å². The molecular formula is C13H9F3NO2S-. The van der Waals surface area contributed by atoms with E-state index in [9.17, 15) is 23.1 Å². The van der Waals surface area contributed by atoms with E-state index in [1.54, 1.807) is 6.07 Å². The van der Waals surface area contributed by atoms with Gasteiger partial charge in [-0.2, -0.15) is 13.2 Å². The van der Waals surface area contributed by atoms with E-state index in [4.69, 9.17) is 0 Å². The van der Waals surface area contributed by atoms with Crippen molar-refractivity contribution in [3.63, 3.8) is 0 Å². The third-order valence-electron chi connectivity index (χ3n) is 2.64. The van der Waals surface area contributed by atoms with Crippen LogP contribution >= 0.6 is 11.3 Å². The van der Waals surface area contributed by atoms with Crippen LogP contribution in [0.4, 0.5) is 13.2 Å². The molecule has 3 nitrogen and oxygen atoms in total. The number of alkyl halides is 3. The molecule has 0 saturated heterocycles. The maximum absolute atomic E-state index is 12.6. The highest BCUT2D eigenvalue weighted by Crippen LogP contribution is 2.30. The van der Waals surface area contributed by atoms with Crippen LogP contribution in [-0.2, 0) is 12.6 Å². The predicted octanol–water partition coefficient (Wildman–Crippen LogP) is 2.42. The molecule has 0 bridgehead atoms. The Balaban J connectivity index is 2.26. The molecule has 0 aliphatic carbocycles. The molecule has 0 atom stereocenters. The second-order valence-electron chi connectivity index (χ2n) is 4.18. The molecular weight excluding hydrogens is 291 g/mol. The first-order valence-corrected chi connectivity index (χ1v) is 6.43. The van der Waals surface area contributed by atoms with Gasteiger partial charge in [-0.3, -0.25) is 0 Å². The van der Waals surface area contributed by atoms with Crippen molar-refractivity contribution in [2.75, 3.05) is 0 Å². The standard InChI is InChI=1S/C13H10F3NO2S/c1-7-11(12(18)19)20-10(17-7)6-8-3-2-4-9(5-8)13(14,15)16/h2-5H,6H2,1H3,(H,18,19)/p-1. The van der Waals surface area contributed by atoms with E-state index in [0.29, 0.717) is 16.3 Å². The second-order valence-corrected chi connectivity index (χ2v) is 5.27. The van der Waals surface area contributed by atoms with Crippen LogP contribution in [0.3, 0.4) is 0 Å². The van der Waals surface area contributed by atoms with Crippen LogP contribution in [0, 0.1) is 6.92 Å². The molecule has 0 unspecified atom stereocenters. The summed E-state index contributed by atoms with van der Waals surface area (Å²) in [5, 5.41) is 11.2. The van der Waals surface area contributed by atoms with Crippen LogP contribution in [0.25, 0.3) is 0 Å². The minimum atomic E-state index is -4.40. The number of aromatic nitrogens is 1. The highest BCUT2D eigenvalue weighted by molar-refractivity contribution is 7.13. The third-order valence-corrected chi connectivity index (χ3v) is 3.77. The van der Waals surface area contributed by atoms with Crippen LogP contribution in [-0.4, -0.2) is 11.0 Å². The topological polar surface area (TPSA) is 53.0 Å². The Hall–Kier alpha value is -1.89. The highest BCUT2D eigenvalue weighted by atomic mass is 32.1. The number of aromatic carboxylic acids is 1. The van der Waals surface area contributed by atoms with Crippen LogP contribution in [0.1, 0.15) is 31.5 Å². The summed E-state index contributed by atoms with van der Waals surface area (Å²) in [7, 11) is 0. The summed E-state index contributed by atoms with van der Waals surface area (Å²) in [5.41, 5.74) is 0.0128. The van der Waals surface area contributed by atoms with Gasteiger partial charge < -0.3 is 9.90 Å². The van der Waals surface area contributed by atoms with Gasteiger partial charge in [-0.1, -0.05) is 18.2 Å². The maximum Gasteiger partial charge on any atom is 0.416 e. The van der Waals surface area contributed by atoms with Gasteiger partial charge in [-0.05, 0) is 18.6 Å². The lowest BCUT2D eigenvalue weighted by Crippen LogP contribution is -2.21. The number of hydrogen-bond donors (Lipinski definition) is 0. The number of carboxylic acids is 1. The van der Waals surface area contributed by atoms with Gasteiger partial charge in [0.2, 0.25) is 0 Å². The summed E-state index contributed by atoms with van der Waals surface area (Å²) in [4.78, 5) is 14.8. The molecule has 0 amide bonds. The predicted molar refractivity (Wildman–Crippen MR) is 65.4 cm³/mol. The molecule has 0 spiro atoms. The number of carbonyl (C=O) groups is 1. The lowest BCUT2D eigenvalue weighted by Gasteiger charge is -2.07. The number of thiazole rings is 1. The van der Waals surface area contributed by atoms with Crippen LogP contribution < -0.4 is 5.11 Å². The monoisotopic (exact) mass is 300 g/mol. The molecule has 20 heavy (non-hydrogen) atoms. The number of aryl methyl sites for hydroxylation is 1. The van der Waals surface area contributed by atoms with Crippen molar-refractivity contribution in [1.29, 1.82) is 0 Å². The van der Waals surface area contributed by atoms with Crippen LogP contribution in [0.15, 0.2) is 24.3 Å². The fourth-order valence-corrected chi connectivity index (χ4v) is 2.68. The molecule has 0 aliphatic heterocycles. The summed E-state index contributed by atoms with van der Waals surface area (Å²) in [6.07, 6.45) is -4.24. The quantitative estimate of drug-likeness (QED) is 0.874. The number of rotatable bonds is 3. The number of halogens is 3. The maximum atomic E-state index is 12.6. The molecule has 0 saturated carbocycles. The molecule has 0 fully saturated rings. The van der Waals surface area contributed by atoms with Crippen molar-refractivity contribution in [3.8, 4) is 0 Å². The van der Waals surface area contributed by atoms with Crippen molar-refractivity contribution < 1.29 is 23.1 Å². The molecule has 1 aromatic heterocycles. The number of carboxylic acid groups (broad SMARTS) is 1. The first-order valence-electron chi connectivity index (χ1n) is 5.61. The minimum Gasteiger partial charge on any atom is -0.544 e. The molecule has 2 aromatic rings. The minimum absolute atomic E-state index is 0.00646. The zero-order chi connectivity index (χ0) is 14.9. The molecule has 0 radical (unpaired) electrons. The Morgan fingerprint density at radius 1 is 1.40 bits per heavy atom. The number of carbonyl (C=O) groups excluding carboxylic acids is 1. The van der Waals surface area contributed by atoms with Crippen molar-refractivity contribution in [2.24, 2.45) is 0 Å². The van der Waals surface area contributed by atoms with E-state index in [2.05, 4.69) is 4.98 Å². The fraction of sp³-hybridized carbons (Fsp3) is 0.231. The summed E-state index contributed by atoms with van der Waals surface area (Å²) in [6.45, 7) is 1.53. The SMILES string of the molecule is Cc1nc(Cc2cccc(C(F)(F)F)c2)sc1C(=O)[O-]. The van der Waals surface area contributed by atoms with E-state index in [0.717, 1.165) is 23.5 Å². The summed E-state index contributed by atoms with van der Waals surface area (Å²) < 4.78 is 37.7. The van der Waals surface area contributed by atoms with Gasteiger partial charge in [0, 0.05) is 6.42 Å². The van der Waals surface area contributed by atoms with Gasteiger partial charge in [0.05, 0.1) is 27.1 Å². The Morgan fingerprint density at radius 2 is 2.10 bits per heavy atom. The Bertz CT molecular complexity index is 649. The number of hydrogen-bond acceptors (Lipinski definition) is 4. The van der Waals surface area contributed by atoms with Gasteiger partial charge in [0.25, 0.3) is 0 Å². The first kappa shape index (κ1) is 14.5. The van der Waals surface area contributed by atoms with Gasteiger partial charge in [0.15, 0.2) is 0 Å². The van der Waals surface area contributed by atoms with Crippen molar-refractivity contribution >= 4 is 17.3 Å². The van der Waals surface area contributed by atoms with Crippen molar-refractivity contribution in [1.82, 2.24) is 4.98 Å². The average Bonchev–Trinajstić information content (AvgIpc) is 2.69. The van der Waals surface area contributed by atoms with Gasteiger partial charge >= 0.3 is 6.18 Å². The van der Waals surface area contributed by atoms with Gasteiger partial charge in [-0.15, -0.1) is 11.3 Å². The van der Waals surface area contributed by atoms with E-state index < -0.39 is 17.7 Å². The van der Waals surface area contributed by atoms with E-state index in [1.807, 2.05) is 0 Å². The first-order chi connectivity index (χ1) is 9.27. The molecule has 1 heterocycles. The molecule has 2 rings (SSSR count). The summed E-state index contributed by atoms with van der Waals surface area (Å²) in [5.74, 6) is -1.32. The largest absolute Gasteiger partial charge is 0.544 e. The Labute approximate surface area is 116 Å². The molecule has 106 valence electrons. The van der Waals surface area contributed by atoms with E-state index in [1.165, 1.54) is 13.0 Å². The van der Waals surface area contributed by atoms with E-state index >= 15 is 0 Å². The molecule has 7 heteroatoms. The lowest BCUT2D eigenvalue weighted by atomic mass is 10.1. The Kier molecular flexibility index (Phi) is 3.80. The highest BCUT2D eigenvalue weighted by Gasteiger charge is 2.30. The number of nitrogens with zero attached hydrogens (tertiary/aromatic N) is 1. The lowest BCUT2D eigenvalue weighted by molar-refractivity contribution is -0.254. The van der Waals surface area contributed by atoms with Crippen LogP contribution in [0.2, 0.25) is 0 Å². The smallest absolute Gasteiger partial charge is 0.416 e. The van der Waals surface area contributed by atoms with E-state index in [-0.39, 0.29) is 11.3 Å². The molecule has 0 aliphatic rings. The van der Waals surface area contributed by atoms with Crippen molar-refractivity contribution in [3.05, 3.63) is 51.0 Å². The normalized spacial score (nSPS) is 11.6. The van der Waals surface area contributed by atoms with Gasteiger partial charge in [0.1, 0.15) is 0 Å². The number of benzene rings is 1. The summed E-state index contributed by atoms with van der Waals surface area (Å²) in [6, 6.07) is 4.89. The molecule has 1 aromatic carbocycles. The average molecular weight is 300 g/mol.